The van der Waals surface area contributed by atoms with Crippen molar-refractivity contribution in [3.05, 3.63) is 57.0 Å². The first-order valence-electron chi connectivity index (χ1n) is 6.71. The maximum atomic E-state index is 11.0. The Morgan fingerprint density at radius 1 is 1.33 bits per heavy atom. The number of rotatable bonds is 5. The number of benzene rings is 1. The second-order valence-corrected chi connectivity index (χ2v) is 7.28. The maximum absolute atomic E-state index is 11.0. The van der Waals surface area contributed by atoms with Crippen LogP contribution in [0.5, 0.6) is 0 Å². The van der Waals surface area contributed by atoms with Gasteiger partial charge in [0.25, 0.3) is 5.69 Å². The van der Waals surface area contributed by atoms with Crippen molar-refractivity contribution in [1.29, 1.82) is 0 Å². The first-order chi connectivity index (χ1) is 11.6. The number of thioether (sulfide) groups is 1. The Labute approximate surface area is 150 Å². The molecule has 0 unspecified atom stereocenters. The van der Waals surface area contributed by atoms with Crippen molar-refractivity contribution >= 4 is 40.4 Å². The Hall–Kier alpha value is -2.10. The number of hydrogen-bond acceptors (Lipinski definition) is 8. The standard InChI is InChI=1S/C14H10ClN5O2S2/c1-8-2-3-11(20(21)22)12(15)9(8)7-23-14-19-18-13(24-14)10-6-16-4-5-17-10/h2-6H,7H2,1H3. The van der Waals surface area contributed by atoms with Gasteiger partial charge in [-0.2, -0.15) is 0 Å². The number of aryl methyl sites for hydroxylation is 1. The Morgan fingerprint density at radius 2 is 2.17 bits per heavy atom. The van der Waals surface area contributed by atoms with E-state index in [1.54, 1.807) is 24.7 Å². The average molecular weight is 380 g/mol. The first-order valence-corrected chi connectivity index (χ1v) is 8.89. The van der Waals surface area contributed by atoms with Crippen LogP contribution in [-0.2, 0) is 5.75 Å². The molecule has 0 radical (unpaired) electrons. The van der Waals surface area contributed by atoms with Gasteiger partial charge in [-0.25, -0.2) is 0 Å². The molecule has 0 aliphatic carbocycles. The van der Waals surface area contributed by atoms with Gasteiger partial charge in [0.05, 0.1) is 11.1 Å². The fourth-order valence-electron chi connectivity index (χ4n) is 1.94. The Morgan fingerprint density at radius 3 is 2.88 bits per heavy atom. The molecule has 0 saturated carbocycles. The molecule has 0 atom stereocenters. The summed E-state index contributed by atoms with van der Waals surface area (Å²) in [5.41, 5.74) is 2.20. The summed E-state index contributed by atoms with van der Waals surface area (Å²) in [4.78, 5) is 18.7. The van der Waals surface area contributed by atoms with E-state index in [2.05, 4.69) is 20.2 Å². The van der Waals surface area contributed by atoms with Crippen molar-refractivity contribution in [2.45, 2.75) is 17.0 Å². The Balaban J connectivity index is 1.79. The zero-order chi connectivity index (χ0) is 17.1. The molecule has 122 valence electrons. The molecule has 0 fully saturated rings. The summed E-state index contributed by atoms with van der Waals surface area (Å²) in [7, 11) is 0. The van der Waals surface area contributed by atoms with E-state index in [1.807, 2.05) is 6.92 Å². The molecular formula is C14H10ClN5O2S2. The number of aromatic nitrogens is 4. The topological polar surface area (TPSA) is 94.7 Å². The lowest BCUT2D eigenvalue weighted by Crippen LogP contribution is -1.95. The van der Waals surface area contributed by atoms with Crippen molar-refractivity contribution in [3.8, 4) is 10.7 Å². The van der Waals surface area contributed by atoms with E-state index in [-0.39, 0.29) is 10.7 Å². The molecule has 0 amide bonds. The number of nitro groups is 1. The van der Waals surface area contributed by atoms with Gasteiger partial charge in [-0.15, -0.1) is 10.2 Å². The first kappa shape index (κ1) is 16.7. The monoisotopic (exact) mass is 379 g/mol. The number of halogens is 1. The summed E-state index contributed by atoms with van der Waals surface area (Å²) >= 11 is 8.99. The molecule has 2 heterocycles. The lowest BCUT2D eigenvalue weighted by molar-refractivity contribution is -0.384. The van der Waals surface area contributed by atoms with Crippen LogP contribution >= 0.6 is 34.7 Å². The van der Waals surface area contributed by atoms with Gasteiger partial charge in [0, 0.05) is 24.2 Å². The van der Waals surface area contributed by atoms with Crippen molar-refractivity contribution in [2.24, 2.45) is 0 Å². The van der Waals surface area contributed by atoms with Crippen LogP contribution in [0.4, 0.5) is 5.69 Å². The van der Waals surface area contributed by atoms with Crippen LogP contribution in [-0.4, -0.2) is 25.1 Å². The molecule has 24 heavy (non-hydrogen) atoms. The van der Waals surface area contributed by atoms with E-state index < -0.39 is 4.92 Å². The van der Waals surface area contributed by atoms with Crippen LogP contribution < -0.4 is 0 Å². The number of nitro benzene ring substituents is 1. The van der Waals surface area contributed by atoms with Crippen LogP contribution in [0, 0.1) is 17.0 Å². The van der Waals surface area contributed by atoms with Crippen LogP contribution in [0.2, 0.25) is 5.02 Å². The molecule has 3 aromatic rings. The normalized spacial score (nSPS) is 10.8. The molecule has 0 aliphatic heterocycles. The average Bonchev–Trinajstić information content (AvgIpc) is 3.04. The molecule has 0 bridgehead atoms. The van der Waals surface area contributed by atoms with E-state index >= 15 is 0 Å². The number of nitrogens with zero attached hydrogens (tertiary/aromatic N) is 5. The van der Waals surface area contributed by atoms with Crippen LogP contribution in [0.15, 0.2) is 35.1 Å². The van der Waals surface area contributed by atoms with Crippen LogP contribution in [0.25, 0.3) is 10.7 Å². The second-order valence-electron chi connectivity index (χ2n) is 4.70. The van der Waals surface area contributed by atoms with Gasteiger partial charge in [-0.1, -0.05) is 40.8 Å². The summed E-state index contributed by atoms with van der Waals surface area (Å²) in [6, 6.07) is 3.12. The van der Waals surface area contributed by atoms with Crippen molar-refractivity contribution < 1.29 is 4.92 Å². The van der Waals surface area contributed by atoms with Gasteiger partial charge >= 0.3 is 0 Å². The minimum absolute atomic E-state index is 0.0876. The molecule has 7 nitrogen and oxygen atoms in total. The fourth-order valence-corrected chi connectivity index (χ4v) is 4.29. The molecule has 1 aromatic carbocycles. The van der Waals surface area contributed by atoms with E-state index in [0.717, 1.165) is 15.5 Å². The fraction of sp³-hybridized carbons (Fsp3) is 0.143. The van der Waals surface area contributed by atoms with Crippen LogP contribution in [0.3, 0.4) is 0 Å². The predicted octanol–water partition coefficient (Wildman–Crippen LogP) is 4.16. The second kappa shape index (κ2) is 7.20. The predicted molar refractivity (Wildman–Crippen MR) is 93.3 cm³/mol. The molecule has 3 rings (SSSR count). The zero-order valence-corrected chi connectivity index (χ0v) is 14.7. The van der Waals surface area contributed by atoms with E-state index in [4.69, 9.17) is 11.6 Å². The van der Waals surface area contributed by atoms with Gasteiger partial charge in [-0.05, 0) is 18.1 Å². The highest BCUT2D eigenvalue weighted by molar-refractivity contribution is 8.00. The van der Waals surface area contributed by atoms with Crippen molar-refractivity contribution in [1.82, 2.24) is 20.2 Å². The molecule has 2 aromatic heterocycles. The van der Waals surface area contributed by atoms with Gasteiger partial charge in [0.2, 0.25) is 0 Å². The minimum atomic E-state index is -0.479. The maximum Gasteiger partial charge on any atom is 0.288 e. The third-order valence-corrected chi connectivity index (χ3v) is 5.71. The zero-order valence-electron chi connectivity index (χ0n) is 12.3. The molecular weight excluding hydrogens is 370 g/mol. The third kappa shape index (κ3) is 3.53. The summed E-state index contributed by atoms with van der Waals surface area (Å²) in [6.07, 6.45) is 4.81. The highest BCUT2D eigenvalue weighted by Crippen LogP contribution is 2.36. The molecule has 0 saturated heterocycles. The molecule has 0 aliphatic rings. The summed E-state index contributed by atoms with van der Waals surface area (Å²) in [5, 5.41) is 20.1. The van der Waals surface area contributed by atoms with Gasteiger partial charge in [0.1, 0.15) is 10.7 Å². The van der Waals surface area contributed by atoms with E-state index in [1.165, 1.54) is 29.2 Å². The molecule has 0 spiro atoms. The molecule has 10 heteroatoms. The smallest absolute Gasteiger partial charge is 0.261 e. The Kier molecular flexibility index (Phi) is 5.03. The van der Waals surface area contributed by atoms with E-state index in [9.17, 15) is 10.1 Å². The number of hydrogen-bond donors (Lipinski definition) is 0. The summed E-state index contributed by atoms with van der Waals surface area (Å²) in [6.45, 7) is 1.87. The quantitative estimate of drug-likeness (QED) is 0.373. The highest BCUT2D eigenvalue weighted by Gasteiger charge is 2.18. The minimum Gasteiger partial charge on any atom is -0.261 e. The van der Waals surface area contributed by atoms with Gasteiger partial charge in [-0.3, -0.25) is 20.1 Å². The van der Waals surface area contributed by atoms with Crippen molar-refractivity contribution in [3.63, 3.8) is 0 Å². The lowest BCUT2D eigenvalue weighted by Gasteiger charge is -2.07. The van der Waals surface area contributed by atoms with Gasteiger partial charge in [0.15, 0.2) is 9.35 Å². The van der Waals surface area contributed by atoms with E-state index in [0.29, 0.717) is 16.5 Å². The van der Waals surface area contributed by atoms with Crippen molar-refractivity contribution in [2.75, 3.05) is 0 Å². The highest BCUT2D eigenvalue weighted by atomic mass is 35.5. The SMILES string of the molecule is Cc1ccc([N+](=O)[O-])c(Cl)c1CSc1nnc(-c2cnccn2)s1. The van der Waals surface area contributed by atoms with Gasteiger partial charge < -0.3 is 0 Å². The van der Waals surface area contributed by atoms with Crippen LogP contribution in [0.1, 0.15) is 11.1 Å². The molecule has 0 N–H and O–H groups in total. The summed E-state index contributed by atoms with van der Waals surface area (Å²) < 4.78 is 0.734. The summed E-state index contributed by atoms with van der Waals surface area (Å²) in [5.74, 6) is 0.474. The lowest BCUT2D eigenvalue weighted by atomic mass is 10.1. The third-order valence-electron chi connectivity index (χ3n) is 3.18. The largest absolute Gasteiger partial charge is 0.288 e. The Bertz CT molecular complexity index is 888.